The number of benzene rings is 3. The van der Waals surface area contributed by atoms with E-state index in [1.165, 1.54) is 11.3 Å². The van der Waals surface area contributed by atoms with Crippen molar-refractivity contribution in [3.63, 3.8) is 0 Å². The van der Waals surface area contributed by atoms with Crippen molar-refractivity contribution in [3.8, 4) is 0 Å². The molecule has 0 spiro atoms. The topological polar surface area (TPSA) is 71.1 Å². The molecule has 6 heteroatoms. The number of aryl methyl sites for hydroxylation is 1. The maximum Gasteiger partial charge on any atom is 0.267 e. The van der Waals surface area contributed by atoms with Gasteiger partial charge < -0.3 is 10.6 Å². The average Bonchev–Trinajstić information content (AvgIpc) is 3.09. The number of carbonyl (C=O) groups excluding carboxylic acids is 2. The second kappa shape index (κ2) is 8.24. The normalized spacial score (nSPS) is 10.7. The molecule has 2 amide bonds. The Hall–Kier alpha value is -3.51. The Morgan fingerprint density at radius 3 is 2.45 bits per heavy atom. The van der Waals surface area contributed by atoms with Crippen molar-refractivity contribution in [2.45, 2.75) is 13.3 Å². The van der Waals surface area contributed by atoms with Crippen LogP contribution in [0.5, 0.6) is 0 Å². The number of para-hydroxylation sites is 1. The number of fused-ring (bicyclic) bond motifs is 1. The van der Waals surface area contributed by atoms with Crippen LogP contribution in [0, 0.1) is 6.92 Å². The molecule has 29 heavy (non-hydrogen) atoms. The summed E-state index contributed by atoms with van der Waals surface area (Å²) in [7, 11) is 0. The number of carbonyl (C=O) groups is 2. The Balaban J connectivity index is 1.46. The molecule has 4 aromatic rings. The SMILES string of the molecule is Cc1nc(NC(=O)Cc2cccc3ccccc23)sc1C(=O)Nc1ccccc1. The summed E-state index contributed by atoms with van der Waals surface area (Å²) in [4.78, 5) is 29.9. The molecule has 0 fully saturated rings. The number of rotatable bonds is 5. The van der Waals surface area contributed by atoms with Gasteiger partial charge in [-0.3, -0.25) is 9.59 Å². The van der Waals surface area contributed by atoms with E-state index >= 15 is 0 Å². The fourth-order valence-electron chi connectivity index (χ4n) is 3.15. The molecule has 0 bridgehead atoms. The molecule has 144 valence electrons. The van der Waals surface area contributed by atoms with E-state index in [4.69, 9.17) is 0 Å². The van der Waals surface area contributed by atoms with Crippen LogP contribution in [0.25, 0.3) is 10.8 Å². The van der Waals surface area contributed by atoms with E-state index in [0.29, 0.717) is 21.4 Å². The molecule has 1 heterocycles. The van der Waals surface area contributed by atoms with Crippen LogP contribution in [0.15, 0.2) is 72.8 Å². The minimum atomic E-state index is -0.235. The van der Waals surface area contributed by atoms with Gasteiger partial charge in [0.25, 0.3) is 5.91 Å². The van der Waals surface area contributed by atoms with Crippen molar-refractivity contribution in [2.75, 3.05) is 10.6 Å². The molecule has 0 aliphatic heterocycles. The van der Waals surface area contributed by atoms with E-state index in [0.717, 1.165) is 16.3 Å². The van der Waals surface area contributed by atoms with E-state index in [-0.39, 0.29) is 18.2 Å². The van der Waals surface area contributed by atoms with Gasteiger partial charge in [0.05, 0.1) is 12.1 Å². The lowest BCUT2D eigenvalue weighted by molar-refractivity contribution is -0.115. The van der Waals surface area contributed by atoms with Gasteiger partial charge in [0, 0.05) is 5.69 Å². The molecule has 1 aromatic heterocycles. The second-order valence-corrected chi connectivity index (χ2v) is 7.62. The van der Waals surface area contributed by atoms with Crippen molar-refractivity contribution < 1.29 is 9.59 Å². The van der Waals surface area contributed by atoms with Gasteiger partial charge in [-0.1, -0.05) is 72.0 Å². The lowest BCUT2D eigenvalue weighted by Gasteiger charge is -2.06. The fraction of sp³-hybridized carbons (Fsp3) is 0.0870. The predicted octanol–water partition coefficient (Wildman–Crippen LogP) is 5.04. The number of thiazole rings is 1. The van der Waals surface area contributed by atoms with E-state index in [1.54, 1.807) is 6.92 Å². The van der Waals surface area contributed by atoms with Crippen molar-refractivity contribution in [1.29, 1.82) is 0 Å². The predicted molar refractivity (Wildman–Crippen MR) is 118 cm³/mol. The Morgan fingerprint density at radius 1 is 0.897 bits per heavy atom. The molecule has 0 aliphatic carbocycles. The van der Waals surface area contributed by atoms with Gasteiger partial charge in [0.2, 0.25) is 5.91 Å². The highest BCUT2D eigenvalue weighted by Crippen LogP contribution is 2.25. The van der Waals surface area contributed by atoms with Gasteiger partial charge in [-0.05, 0) is 35.4 Å². The van der Waals surface area contributed by atoms with Crippen molar-refractivity contribution in [1.82, 2.24) is 4.98 Å². The van der Waals surface area contributed by atoms with Crippen molar-refractivity contribution in [2.24, 2.45) is 0 Å². The number of hydrogen-bond donors (Lipinski definition) is 2. The zero-order valence-corrected chi connectivity index (χ0v) is 16.6. The van der Waals surface area contributed by atoms with E-state index in [9.17, 15) is 9.59 Å². The van der Waals surface area contributed by atoms with Crippen LogP contribution in [0.2, 0.25) is 0 Å². The monoisotopic (exact) mass is 401 g/mol. The summed E-state index contributed by atoms with van der Waals surface area (Å²) in [6.45, 7) is 1.76. The molecule has 0 atom stereocenters. The van der Waals surface area contributed by atoms with Crippen LogP contribution in [0.4, 0.5) is 10.8 Å². The third kappa shape index (κ3) is 4.33. The van der Waals surface area contributed by atoms with Crippen LogP contribution in [-0.2, 0) is 11.2 Å². The summed E-state index contributed by atoms with van der Waals surface area (Å²) in [5.41, 5.74) is 2.26. The molecule has 0 radical (unpaired) electrons. The summed E-state index contributed by atoms with van der Waals surface area (Å²) >= 11 is 1.17. The van der Waals surface area contributed by atoms with Crippen LogP contribution in [0.1, 0.15) is 20.9 Å². The lowest BCUT2D eigenvalue weighted by Crippen LogP contribution is -2.14. The highest BCUT2D eigenvalue weighted by Gasteiger charge is 2.17. The van der Waals surface area contributed by atoms with Crippen molar-refractivity contribution in [3.05, 3.63) is 88.9 Å². The number of nitrogens with zero attached hydrogens (tertiary/aromatic N) is 1. The average molecular weight is 401 g/mol. The minimum absolute atomic E-state index is 0.162. The van der Waals surface area contributed by atoms with Gasteiger partial charge in [-0.2, -0.15) is 0 Å². The number of anilines is 2. The van der Waals surface area contributed by atoms with E-state index < -0.39 is 0 Å². The summed E-state index contributed by atoms with van der Waals surface area (Å²) < 4.78 is 0. The molecule has 4 rings (SSSR count). The maximum atomic E-state index is 12.6. The molecule has 0 saturated heterocycles. The van der Waals surface area contributed by atoms with E-state index in [2.05, 4.69) is 15.6 Å². The maximum absolute atomic E-state index is 12.6. The Kier molecular flexibility index (Phi) is 5.35. The number of aromatic nitrogens is 1. The third-order valence-electron chi connectivity index (χ3n) is 4.51. The van der Waals surface area contributed by atoms with Gasteiger partial charge in [-0.25, -0.2) is 4.98 Å². The summed E-state index contributed by atoms with van der Waals surface area (Å²) in [5, 5.41) is 8.25. The van der Waals surface area contributed by atoms with Crippen molar-refractivity contribution >= 4 is 44.7 Å². The number of nitrogens with one attached hydrogen (secondary N) is 2. The summed E-state index contributed by atoms with van der Waals surface area (Å²) in [6, 6.07) is 23.1. The fourth-order valence-corrected chi connectivity index (χ4v) is 4.03. The zero-order chi connectivity index (χ0) is 20.2. The summed E-state index contributed by atoms with van der Waals surface area (Å²) in [6.07, 6.45) is 0.242. The molecule has 3 aromatic carbocycles. The largest absolute Gasteiger partial charge is 0.321 e. The molecular weight excluding hydrogens is 382 g/mol. The quantitative estimate of drug-likeness (QED) is 0.492. The standard InChI is InChI=1S/C23H19N3O2S/c1-15-21(22(28)25-18-11-3-2-4-12-18)29-23(24-15)26-20(27)14-17-10-7-9-16-8-5-6-13-19(16)17/h2-13H,14H2,1H3,(H,25,28)(H,24,26,27). The number of hydrogen-bond acceptors (Lipinski definition) is 4. The molecule has 5 nitrogen and oxygen atoms in total. The zero-order valence-electron chi connectivity index (χ0n) is 15.8. The van der Waals surface area contributed by atoms with Gasteiger partial charge in [-0.15, -0.1) is 0 Å². The summed E-state index contributed by atoms with van der Waals surface area (Å²) in [5.74, 6) is -0.397. The third-order valence-corrected chi connectivity index (χ3v) is 5.58. The highest BCUT2D eigenvalue weighted by molar-refractivity contribution is 7.17. The molecule has 0 saturated carbocycles. The smallest absolute Gasteiger partial charge is 0.267 e. The first-order valence-corrected chi connectivity index (χ1v) is 10.0. The Bertz CT molecular complexity index is 1180. The molecule has 0 aliphatic rings. The molecular formula is C23H19N3O2S. The Morgan fingerprint density at radius 2 is 1.62 bits per heavy atom. The van der Waals surface area contributed by atoms with Crippen LogP contribution in [-0.4, -0.2) is 16.8 Å². The minimum Gasteiger partial charge on any atom is -0.321 e. The first-order chi connectivity index (χ1) is 14.1. The van der Waals surface area contributed by atoms with Gasteiger partial charge in [0.15, 0.2) is 5.13 Å². The van der Waals surface area contributed by atoms with Crippen LogP contribution in [0.3, 0.4) is 0 Å². The Labute approximate surface area is 172 Å². The van der Waals surface area contributed by atoms with Crippen LogP contribution >= 0.6 is 11.3 Å². The number of amides is 2. The van der Waals surface area contributed by atoms with E-state index in [1.807, 2.05) is 72.8 Å². The van der Waals surface area contributed by atoms with Gasteiger partial charge >= 0.3 is 0 Å². The molecule has 2 N–H and O–H groups in total. The first-order valence-electron chi connectivity index (χ1n) is 9.20. The van der Waals surface area contributed by atoms with Crippen LogP contribution < -0.4 is 10.6 Å². The first kappa shape index (κ1) is 18.8. The molecule has 0 unspecified atom stereocenters. The highest BCUT2D eigenvalue weighted by atomic mass is 32.1. The second-order valence-electron chi connectivity index (χ2n) is 6.62. The lowest BCUT2D eigenvalue weighted by atomic mass is 10.0. The van der Waals surface area contributed by atoms with Gasteiger partial charge in [0.1, 0.15) is 4.88 Å².